The zero-order chi connectivity index (χ0) is 15.9. The quantitative estimate of drug-likeness (QED) is 0.833. The summed E-state index contributed by atoms with van der Waals surface area (Å²) in [6.45, 7) is 6.33. The van der Waals surface area contributed by atoms with Crippen LogP contribution in [0.4, 0.5) is 0 Å². The van der Waals surface area contributed by atoms with Crippen molar-refractivity contribution < 1.29 is 14.4 Å². The molecule has 1 saturated carbocycles. The Labute approximate surface area is 146 Å². The lowest BCUT2D eigenvalue weighted by molar-refractivity contribution is -0.936. The molecule has 3 nitrogen and oxygen atoms in total. The van der Waals surface area contributed by atoms with Crippen LogP contribution in [0.2, 0.25) is 0 Å². The predicted octanol–water partition coefficient (Wildman–Crippen LogP) is 2.40. The number of hydrogen-bond acceptors (Lipinski definition) is 3. The first-order chi connectivity index (χ1) is 11.4. The average molecular weight is 343 g/mol. The minimum Gasteiger partial charge on any atom is -0.381 e. The van der Waals surface area contributed by atoms with Crippen LogP contribution in [0, 0.1) is 11.8 Å². The van der Waals surface area contributed by atoms with E-state index in [1.165, 1.54) is 64.5 Å². The summed E-state index contributed by atoms with van der Waals surface area (Å²) < 4.78 is 11.7. The van der Waals surface area contributed by atoms with Crippen molar-refractivity contribution in [1.29, 1.82) is 0 Å². The van der Waals surface area contributed by atoms with Gasteiger partial charge < -0.3 is 14.4 Å². The second-order valence-corrected chi connectivity index (χ2v) is 8.81. The molecule has 23 heavy (non-hydrogen) atoms. The zero-order valence-corrected chi connectivity index (χ0v) is 15.8. The van der Waals surface area contributed by atoms with Gasteiger partial charge >= 0.3 is 0 Å². The van der Waals surface area contributed by atoms with Gasteiger partial charge in [-0.25, -0.2) is 0 Å². The van der Waals surface area contributed by atoms with Gasteiger partial charge in [-0.1, -0.05) is 38.5 Å². The number of thioether (sulfide) groups is 1. The van der Waals surface area contributed by atoms with Crippen LogP contribution in [0.1, 0.15) is 51.4 Å². The number of ether oxygens (including phenoxy) is 2. The molecule has 0 aromatic carbocycles. The molecule has 1 aliphatic carbocycles. The van der Waals surface area contributed by atoms with Crippen molar-refractivity contribution in [2.24, 2.45) is 11.8 Å². The second-order valence-electron chi connectivity index (χ2n) is 7.73. The van der Waals surface area contributed by atoms with Gasteiger partial charge in [0.05, 0.1) is 25.1 Å². The normalized spacial score (nSPS) is 38.5. The van der Waals surface area contributed by atoms with E-state index in [1.54, 1.807) is 0 Å². The molecule has 3 rings (SSSR count). The Bertz CT molecular complexity index is 335. The molecule has 0 spiro atoms. The molecule has 3 aliphatic rings. The van der Waals surface area contributed by atoms with Crippen molar-refractivity contribution >= 4 is 11.8 Å². The molecule has 3 fully saturated rings. The van der Waals surface area contributed by atoms with Gasteiger partial charge in [-0.15, -0.1) is 0 Å². The van der Waals surface area contributed by atoms with Crippen molar-refractivity contribution in [3.05, 3.63) is 0 Å². The highest BCUT2D eigenvalue weighted by Gasteiger charge is 2.44. The lowest BCUT2D eigenvalue weighted by Gasteiger charge is -2.40. The molecule has 4 heteroatoms. The highest BCUT2D eigenvalue weighted by atomic mass is 32.2. The molecule has 2 heterocycles. The summed E-state index contributed by atoms with van der Waals surface area (Å²) in [4.78, 5) is 1.81. The fourth-order valence-electron chi connectivity index (χ4n) is 5.02. The smallest absolute Gasteiger partial charge is 0.105 e. The fourth-order valence-corrected chi connectivity index (χ4v) is 6.11. The third-order valence-corrected chi connectivity index (χ3v) is 7.47. The van der Waals surface area contributed by atoms with Crippen LogP contribution in [0.15, 0.2) is 0 Å². The van der Waals surface area contributed by atoms with Crippen LogP contribution >= 0.6 is 11.8 Å². The summed E-state index contributed by atoms with van der Waals surface area (Å²) >= 11 is 2.13. The van der Waals surface area contributed by atoms with E-state index in [0.717, 1.165) is 49.6 Å². The third kappa shape index (κ3) is 4.87. The molecule has 134 valence electrons. The highest BCUT2D eigenvalue weighted by molar-refractivity contribution is 7.99. The van der Waals surface area contributed by atoms with Crippen LogP contribution in [0.3, 0.4) is 0 Å². The number of nitrogens with one attached hydrogen (secondary N) is 1. The molecule has 0 radical (unpaired) electrons. The number of morpholine rings is 1. The maximum absolute atomic E-state index is 6.01. The lowest BCUT2D eigenvalue weighted by atomic mass is 9.81. The van der Waals surface area contributed by atoms with E-state index in [1.807, 2.05) is 4.90 Å². The number of quaternary nitrogens is 1. The minimum atomic E-state index is 0.778. The molecule has 2 aliphatic heterocycles. The Morgan fingerprint density at radius 1 is 0.826 bits per heavy atom. The molecule has 0 aromatic rings. The van der Waals surface area contributed by atoms with Crippen molar-refractivity contribution in [3.8, 4) is 0 Å². The van der Waals surface area contributed by atoms with Gasteiger partial charge in [0.15, 0.2) is 0 Å². The van der Waals surface area contributed by atoms with Gasteiger partial charge in [-0.05, 0) is 25.0 Å². The van der Waals surface area contributed by atoms with Crippen molar-refractivity contribution in [2.75, 3.05) is 45.8 Å². The summed E-state index contributed by atoms with van der Waals surface area (Å²) in [6.07, 6.45) is 13.7. The summed E-state index contributed by atoms with van der Waals surface area (Å²) in [5.41, 5.74) is 0. The van der Waals surface area contributed by atoms with E-state index in [0.29, 0.717) is 0 Å². The van der Waals surface area contributed by atoms with E-state index in [9.17, 15) is 0 Å². The summed E-state index contributed by atoms with van der Waals surface area (Å²) in [6, 6.07) is 0.779. The summed E-state index contributed by atoms with van der Waals surface area (Å²) in [7, 11) is 0. The van der Waals surface area contributed by atoms with Crippen molar-refractivity contribution in [1.82, 2.24) is 0 Å². The van der Waals surface area contributed by atoms with Crippen LogP contribution in [0.5, 0.6) is 0 Å². The first-order valence-electron chi connectivity index (χ1n) is 9.93. The SMILES string of the molecule is CS[C@@H]1CCCCCCCC[C@H]2COC[C@@H]2[C@@H]1[NH+]1CCOCC1. The molecular formula is C19H36NO2S+. The van der Waals surface area contributed by atoms with Crippen LogP contribution < -0.4 is 4.90 Å². The Hall–Kier alpha value is 0.230. The maximum Gasteiger partial charge on any atom is 0.105 e. The Morgan fingerprint density at radius 2 is 1.52 bits per heavy atom. The van der Waals surface area contributed by atoms with E-state index in [2.05, 4.69) is 18.0 Å². The van der Waals surface area contributed by atoms with E-state index >= 15 is 0 Å². The second kappa shape index (κ2) is 9.65. The van der Waals surface area contributed by atoms with Gasteiger partial charge in [0.1, 0.15) is 19.1 Å². The molecule has 4 atom stereocenters. The van der Waals surface area contributed by atoms with Gasteiger partial charge in [0, 0.05) is 12.5 Å². The Balaban J connectivity index is 1.76. The number of hydrogen-bond donors (Lipinski definition) is 1. The Kier molecular flexibility index (Phi) is 7.56. The summed E-state index contributed by atoms with van der Waals surface area (Å²) in [5.74, 6) is 1.59. The van der Waals surface area contributed by atoms with E-state index in [4.69, 9.17) is 9.47 Å². The Morgan fingerprint density at radius 3 is 2.26 bits per heavy atom. The monoisotopic (exact) mass is 342 g/mol. The van der Waals surface area contributed by atoms with Crippen LogP contribution in [-0.2, 0) is 9.47 Å². The zero-order valence-electron chi connectivity index (χ0n) is 14.9. The molecule has 0 unspecified atom stereocenters. The predicted molar refractivity (Wildman–Crippen MR) is 97.3 cm³/mol. The van der Waals surface area contributed by atoms with Crippen LogP contribution in [0.25, 0.3) is 0 Å². The van der Waals surface area contributed by atoms with Gasteiger partial charge in [-0.3, -0.25) is 0 Å². The van der Waals surface area contributed by atoms with Crippen molar-refractivity contribution in [3.63, 3.8) is 0 Å². The highest BCUT2D eigenvalue weighted by Crippen LogP contribution is 2.34. The first kappa shape index (κ1) is 18.0. The minimum absolute atomic E-state index is 0.778. The molecule has 0 bridgehead atoms. The van der Waals surface area contributed by atoms with Crippen molar-refractivity contribution in [2.45, 2.75) is 62.7 Å². The largest absolute Gasteiger partial charge is 0.381 e. The third-order valence-electron chi connectivity index (χ3n) is 6.33. The number of fused-ring (bicyclic) bond motifs is 1. The average Bonchev–Trinajstić information content (AvgIpc) is 3.03. The van der Waals surface area contributed by atoms with E-state index in [-0.39, 0.29) is 0 Å². The molecule has 0 amide bonds. The fraction of sp³-hybridized carbons (Fsp3) is 1.00. The molecular weight excluding hydrogens is 306 g/mol. The van der Waals surface area contributed by atoms with Crippen LogP contribution in [-0.4, -0.2) is 57.1 Å². The molecule has 1 N–H and O–H groups in total. The summed E-state index contributed by atoms with van der Waals surface area (Å²) in [5, 5.41) is 0.803. The van der Waals surface area contributed by atoms with Gasteiger partial charge in [0.25, 0.3) is 0 Å². The molecule has 0 aromatic heterocycles. The number of rotatable bonds is 2. The maximum atomic E-state index is 6.01. The van der Waals surface area contributed by atoms with Gasteiger partial charge in [0.2, 0.25) is 0 Å². The van der Waals surface area contributed by atoms with Gasteiger partial charge in [-0.2, -0.15) is 11.8 Å². The standard InChI is InChI=1S/C19H35NO2S/c1-23-18-9-7-5-3-2-4-6-8-16-14-22-15-17(16)19(18)20-10-12-21-13-11-20/h16-19H,2-15H2,1H3/p+1/t16-,17-,18+,19-/m0/s1. The van der Waals surface area contributed by atoms with E-state index < -0.39 is 0 Å². The topological polar surface area (TPSA) is 22.9 Å². The lowest BCUT2D eigenvalue weighted by Crippen LogP contribution is -3.19. The first-order valence-corrected chi connectivity index (χ1v) is 11.2. The molecule has 2 saturated heterocycles.